The molecule has 15 heteroatoms. The zero-order chi connectivity index (χ0) is 24.7. The van der Waals surface area contributed by atoms with Crippen LogP contribution in [-0.4, -0.2) is 14.3 Å². The third-order valence-corrected chi connectivity index (χ3v) is 5.11. The van der Waals surface area contributed by atoms with Crippen molar-refractivity contribution in [3.05, 3.63) is 53.1 Å². The lowest BCUT2D eigenvalue weighted by Crippen LogP contribution is -2.20. The van der Waals surface area contributed by atoms with E-state index in [0.717, 1.165) is 13.0 Å². The van der Waals surface area contributed by atoms with E-state index >= 15 is 0 Å². The first-order chi connectivity index (χ1) is 14.3. The van der Waals surface area contributed by atoms with Crippen molar-refractivity contribution < 1.29 is 52.7 Å². The lowest BCUT2D eigenvalue weighted by atomic mass is 10.1. The minimum Gasteiger partial charge on any atom is -0.326 e. The summed E-state index contributed by atoms with van der Waals surface area (Å²) in [5.41, 5.74) is -7.14. The van der Waals surface area contributed by atoms with Gasteiger partial charge in [-0.25, -0.2) is 8.42 Å². The summed E-state index contributed by atoms with van der Waals surface area (Å²) < 4.78 is 144. The van der Waals surface area contributed by atoms with Crippen LogP contribution in [0, 0.1) is 0 Å². The Labute approximate surface area is 174 Å². The van der Waals surface area contributed by atoms with Crippen LogP contribution in [0.5, 0.6) is 0 Å². The summed E-state index contributed by atoms with van der Waals surface area (Å²) in [6.45, 7) is 0.982. The Morgan fingerprint density at radius 2 is 1.28 bits per heavy atom. The molecule has 0 aliphatic carbocycles. The summed E-state index contributed by atoms with van der Waals surface area (Å²) in [6, 6.07) is 1.12. The maximum Gasteiger partial charge on any atom is 0.418 e. The molecule has 0 aliphatic heterocycles. The molecule has 0 spiro atoms. The van der Waals surface area contributed by atoms with Gasteiger partial charge in [-0.15, -0.1) is 0 Å². The van der Waals surface area contributed by atoms with Crippen LogP contribution in [0.4, 0.5) is 50.9 Å². The van der Waals surface area contributed by atoms with Crippen molar-refractivity contribution in [3.8, 4) is 0 Å². The van der Waals surface area contributed by atoms with Gasteiger partial charge in [0.15, 0.2) is 0 Å². The number of hydrogen-bond acceptors (Lipinski definition) is 3. The maximum atomic E-state index is 13.3. The third kappa shape index (κ3) is 6.05. The van der Waals surface area contributed by atoms with E-state index in [2.05, 4.69) is 0 Å². The van der Waals surface area contributed by atoms with E-state index in [1.165, 1.54) is 4.72 Å². The highest BCUT2D eigenvalue weighted by molar-refractivity contribution is 7.92. The fourth-order valence-corrected chi connectivity index (χ4v) is 3.58. The number of halogens is 9. The molecule has 0 aliphatic rings. The first kappa shape index (κ1) is 25.3. The molecule has 0 radical (unpaired) electrons. The number of amides is 1. The Balaban J connectivity index is 2.62. The highest BCUT2D eigenvalue weighted by atomic mass is 32.2. The normalized spacial score (nSPS) is 13.1. The van der Waals surface area contributed by atoms with Crippen molar-refractivity contribution in [2.45, 2.75) is 30.3 Å². The Bertz CT molecular complexity index is 1110. The van der Waals surface area contributed by atoms with Gasteiger partial charge in [0.1, 0.15) is 0 Å². The highest BCUT2D eigenvalue weighted by Gasteiger charge is 2.39. The zero-order valence-electron chi connectivity index (χ0n) is 15.5. The average molecular weight is 494 g/mol. The van der Waals surface area contributed by atoms with Gasteiger partial charge in [0.25, 0.3) is 10.0 Å². The minimum atomic E-state index is -5.37. The van der Waals surface area contributed by atoms with Crippen molar-refractivity contribution in [3.63, 3.8) is 0 Å². The van der Waals surface area contributed by atoms with Gasteiger partial charge in [0.05, 0.1) is 27.3 Å². The number of carbonyl (C=O) groups excluding carboxylic acids is 1. The predicted molar refractivity (Wildman–Crippen MR) is 93.0 cm³/mol. The lowest BCUT2D eigenvalue weighted by molar-refractivity contribution is -0.143. The third-order valence-electron chi connectivity index (χ3n) is 3.76. The molecular weight excluding hydrogens is 483 g/mol. The van der Waals surface area contributed by atoms with E-state index in [-0.39, 0.29) is 23.9 Å². The molecule has 5 nitrogen and oxygen atoms in total. The van der Waals surface area contributed by atoms with E-state index in [1.54, 1.807) is 0 Å². The van der Waals surface area contributed by atoms with Crippen LogP contribution >= 0.6 is 0 Å². The summed E-state index contributed by atoms with van der Waals surface area (Å²) >= 11 is 0. The fraction of sp³-hybridized carbons (Fsp3) is 0.235. The zero-order valence-corrected chi connectivity index (χ0v) is 16.3. The van der Waals surface area contributed by atoms with Crippen LogP contribution < -0.4 is 10.0 Å². The summed E-state index contributed by atoms with van der Waals surface area (Å²) in [5, 5.41) is 2.02. The second-order valence-corrected chi connectivity index (χ2v) is 7.97. The van der Waals surface area contributed by atoms with Gasteiger partial charge in [-0.1, -0.05) is 0 Å². The van der Waals surface area contributed by atoms with Crippen LogP contribution in [0.2, 0.25) is 0 Å². The quantitative estimate of drug-likeness (QED) is 0.552. The monoisotopic (exact) mass is 494 g/mol. The van der Waals surface area contributed by atoms with Gasteiger partial charge in [0, 0.05) is 12.6 Å². The molecule has 0 saturated heterocycles. The summed E-state index contributed by atoms with van der Waals surface area (Å²) in [4.78, 5) is 9.45. The smallest absolute Gasteiger partial charge is 0.326 e. The Hall–Kier alpha value is -2.97. The molecule has 32 heavy (non-hydrogen) atoms. The van der Waals surface area contributed by atoms with E-state index in [9.17, 15) is 52.7 Å². The first-order valence-electron chi connectivity index (χ1n) is 8.12. The van der Waals surface area contributed by atoms with Gasteiger partial charge in [-0.3, -0.25) is 9.52 Å². The fourth-order valence-electron chi connectivity index (χ4n) is 2.43. The largest absolute Gasteiger partial charge is 0.418 e. The molecule has 0 atom stereocenters. The number of sulfonamides is 1. The highest BCUT2D eigenvalue weighted by Crippen LogP contribution is 2.40. The van der Waals surface area contributed by atoms with Crippen LogP contribution in [0.1, 0.15) is 23.6 Å². The molecule has 0 bridgehead atoms. The number of rotatable bonds is 4. The number of nitrogens with one attached hydrogen (secondary N) is 2. The Kier molecular flexibility index (Phi) is 6.47. The minimum absolute atomic E-state index is 0.142. The Morgan fingerprint density at radius 3 is 1.69 bits per heavy atom. The molecule has 2 N–H and O–H groups in total. The van der Waals surface area contributed by atoms with Crippen molar-refractivity contribution >= 4 is 27.3 Å². The van der Waals surface area contributed by atoms with Crippen molar-refractivity contribution in [2.24, 2.45) is 0 Å². The van der Waals surface area contributed by atoms with Crippen LogP contribution in [-0.2, 0) is 33.3 Å². The number of alkyl halides is 9. The molecule has 0 fully saturated rings. The van der Waals surface area contributed by atoms with Crippen LogP contribution in [0.15, 0.2) is 41.3 Å². The van der Waals surface area contributed by atoms with Crippen LogP contribution in [0.25, 0.3) is 0 Å². The molecule has 0 heterocycles. The lowest BCUT2D eigenvalue weighted by Gasteiger charge is -2.18. The maximum absolute atomic E-state index is 13.3. The standard InChI is InChI=1S/C17H11F9N2O3S/c1-8(29)27-11-2-3-14(13(7-11)17(24,25)26)28-32(30,31)12-5-9(15(18,19)20)4-10(6-12)16(21,22)23/h2-7,28H,1H3,(H,27,29). The number of benzene rings is 2. The average Bonchev–Trinajstić information content (AvgIpc) is 2.59. The summed E-state index contributed by atoms with van der Waals surface area (Å²) in [5.74, 6) is -0.755. The summed E-state index contributed by atoms with van der Waals surface area (Å²) in [6.07, 6.45) is -15.9. The van der Waals surface area contributed by atoms with Crippen LogP contribution in [0.3, 0.4) is 0 Å². The van der Waals surface area contributed by atoms with Gasteiger partial charge in [-0.05, 0) is 36.4 Å². The van der Waals surface area contributed by atoms with E-state index in [4.69, 9.17) is 0 Å². The van der Waals surface area contributed by atoms with E-state index in [0.29, 0.717) is 12.1 Å². The molecule has 2 aromatic carbocycles. The van der Waals surface area contributed by atoms with E-state index in [1.807, 2.05) is 5.32 Å². The van der Waals surface area contributed by atoms with Crippen molar-refractivity contribution in [1.29, 1.82) is 0 Å². The predicted octanol–water partition coefficient (Wildman–Crippen LogP) is 5.50. The molecule has 176 valence electrons. The van der Waals surface area contributed by atoms with Gasteiger partial charge >= 0.3 is 18.5 Å². The van der Waals surface area contributed by atoms with Gasteiger partial charge in [0.2, 0.25) is 5.91 Å². The Morgan fingerprint density at radius 1 is 0.781 bits per heavy atom. The van der Waals surface area contributed by atoms with E-state index < -0.39 is 61.7 Å². The number of carbonyl (C=O) groups is 1. The molecule has 0 aromatic heterocycles. The van der Waals surface area contributed by atoms with Gasteiger partial charge < -0.3 is 5.32 Å². The molecule has 2 rings (SSSR count). The molecule has 2 aromatic rings. The number of hydrogen-bond donors (Lipinski definition) is 2. The molecule has 0 saturated carbocycles. The SMILES string of the molecule is CC(=O)Nc1ccc(NS(=O)(=O)c2cc(C(F)(F)F)cc(C(F)(F)F)c2)c(C(F)(F)F)c1. The molecule has 0 unspecified atom stereocenters. The second-order valence-electron chi connectivity index (χ2n) is 6.29. The second kappa shape index (κ2) is 8.18. The topological polar surface area (TPSA) is 75.3 Å². The first-order valence-corrected chi connectivity index (χ1v) is 9.60. The van der Waals surface area contributed by atoms with Crippen molar-refractivity contribution in [1.82, 2.24) is 0 Å². The van der Waals surface area contributed by atoms with Crippen molar-refractivity contribution in [2.75, 3.05) is 10.0 Å². The molecular formula is C17H11F9N2O3S. The summed E-state index contributed by atoms with van der Waals surface area (Å²) in [7, 11) is -5.33. The number of anilines is 2. The molecule has 1 amide bonds. The van der Waals surface area contributed by atoms with Gasteiger partial charge in [-0.2, -0.15) is 39.5 Å².